The van der Waals surface area contributed by atoms with Crippen molar-refractivity contribution in [1.29, 1.82) is 0 Å². The Morgan fingerprint density at radius 3 is 2.50 bits per heavy atom. The number of amides is 2. The molecule has 1 aliphatic rings. The van der Waals surface area contributed by atoms with Crippen LogP contribution in [0.5, 0.6) is 0 Å². The summed E-state index contributed by atoms with van der Waals surface area (Å²) in [6.45, 7) is 8.65. The van der Waals surface area contributed by atoms with Crippen LogP contribution >= 0.6 is 0 Å². The Labute approximate surface area is 135 Å². The number of rotatable bonds is 10. The van der Waals surface area contributed by atoms with E-state index in [0.717, 1.165) is 52.0 Å². The number of nitrogens with zero attached hydrogens (tertiary/aromatic N) is 1. The summed E-state index contributed by atoms with van der Waals surface area (Å²) in [7, 11) is 0. The van der Waals surface area contributed by atoms with Gasteiger partial charge in [-0.3, -0.25) is 9.59 Å². The molecule has 0 spiro atoms. The van der Waals surface area contributed by atoms with Crippen molar-refractivity contribution in [2.75, 3.05) is 32.7 Å². The minimum atomic E-state index is 0.00469. The van der Waals surface area contributed by atoms with Crippen LogP contribution in [0.2, 0.25) is 0 Å². The molecule has 0 aliphatic carbocycles. The minimum Gasteiger partial charge on any atom is -0.356 e. The third kappa shape index (κ3) is 7.78. The summed E-state index contributed by atoms with van der Waals surface area (Å²) in [5, 5.41) is 6.34. The third-order valence-corrected chi connectivity index (χ3v) is 4.18. The lowest BCUT2D eigenvalue weighted by atomic mass is 9.96. The van der Waals surface area contributed by atoms with Crippen molar-refractivity contribution in [2.45, 2.75) is 58.8 Å². The Balaban J connectivity index is 2.14. The second-order valence-corrected chi connectivity index (χ2v) is 6.23. The van der Waals surface area contributed by atoms with Gasteiger partial charge in [0, 0.05) is 32.5 Å². The van der Waals surface area contributed by atoms with Crippen LogP contribution in [0.1, 0.15) is 58.8 Å². The lowest BCUT2D eigenvalue weighted by Crippen LogP contribution is -2.35. The van der Waals surface area contributed by atoms with E-state index in [0.29, 0.717) is 18.8 Å². The van der Waals surface area contributed by atoms with Crippen LogP contribution in [0.4, 0.5) is 0 Å². The zero-order valence-corrected chi connectivity index (χ0v) is 14.3. The van der Waals surface area contributed by atoms with Gasteiger partial charge >= 0.3 is 0 Å². The number of nitrogens with one attached hydrogen (secondary N) is 2. The molecule has 1 aliphatic heterocycles. The zero-order chi connectivity index (χ0) is 16.2. The normalized spacial score (nSPS) is 18.0. The number of hydrogen-bond acceptors (Lipinski definition) is 3. The van der Waals surface area contributed by atoms with Gasteiger partial charge in [-0.25, -0.2) is 0 Å². The van der Waals surface area contributed by atoms with Crippen molar-refractivity contribution >= 4 is 11.8 Å². The van der Waals surface area contributed by atoms with E-state index in [-0.39, 0.29) is 11.8 Å². The SMILES string of the molecule is CCCN(CCC)C(=O)CCC(=O)NCCC1CCCNC1. The van der Waals surface area contributed by atoms with Gasteiger partial charge in [0.15, 0.2) is 0 Å². The summed E-state index contributed by atoms with van der Waals surface area (Å²) in [4.78, 5) is 25.8. The topological polar surface area (TPSA) is 61.4 Å². The molecule has 22 heavy (non-hydrogen) atoms. The van der Waals surface area contributed by atoms with E-state index >= 15 is 0 Å². The van der Waals surface area contributed by atoms with Gasteiger partial charge in [-0.05, 0) is 51.1 Å². The predicted octanol–water partition coefficient (Wildman–Crippen LogP) is 1.92. The fourth-order valence-electron chi connectivity index (χ4n) is 2.95. The number of hydrogen-bond donors (Lipinski definition) is 2. The van der Waals surface area contributed by atoms with E-state index in [4.69, 9.17) is 0 Å². The molecular formula is C17H33N3O2. The van der Waals surface area contributed by atoms with Gasteiger partial charge in [0.25, 0.3) is 0 Å². The number of piperidine rings is 1. The molecule has 1 atom stereocenters. The molecule has 0 aromatic heterocycles. The smallest absolute Gasteiger partial charge is 0.223 e. The van der Waals surface area contributed by atoms with Crippen LogP contribution in [0.25, 0.3) is 0 Å². The van der Waals surface area contributed by atoms with E-state index in [9.17, 15) is 9.59 Å². The Kier molecular flexibility index (Phi) is 9.87. The average molecular weight is 311 g/mol. The fourth-order valence-corrected chi connectivity index (χ4v) is 2.95. The van der Waals surface area contributed by atoms with Gasteiger partial charge in [-0.15, -0.1) is 0 Å². The lowest BCUT2D eigenvalue weighted by molar-refractivity contribution is -0.133. The van der Waals surface area contributed by atoms with Crippen LogP contribution in [0.15, 0.2) is 0 Å². The Bertz CT molecular complexity index is 322. The molecule has 0 radical (unpaired) electrons. The highest BCUT2D eigenvalue weighted by atomic mass is 16.2. The maximum Gasteiger partial charge on any atom is 0.223 e. The molecule has 0 aromatic carbocycles. The highest BCUT2D eigenvalue weighted by molar-refractivity contribution is 5.83. The second-order valence-electron chi connectivity index (χ2n) is 6.23. The molecule has 5 heteroatoms. The van der Waals surface area contributed by atoms with Crippen LogP contribution in [0.3, 0.4) is 0 Å². The van der Waals surface area contributed by atoms with Gasteiger partial charge in [0.2, 0.25) is 11.8 Å². The number of carbonyl (C=O) groups excluding carboxylic acids is 2. The van der Waals surface area contributed by atoms with Gasteiger partial charge in [-0.2, -0.15) is 0 Å². The summed E-state index contributed by atoms with van der Waals surface area (Å²) >= 11 is 0. The van der Waals surface area contributed by atoms with Gasteiger partial charge in [0.1, 0.15) is 0 Å². The van der Waals surface area contributed by atoms with Crippen molar-refractivity contribution < 1.29 is 9.59 Å². The summed E-state index contributed by atoms with van der Waals surface area (Å²) in [6, 6.07) is 0. The first kappa shape index (κ1) is 18.9. The van der Waals surface area contributed by atoms with Crippen molar-refractivity contribution in [1.82, 2.24) is 15.5 Å². The molecule has 2 N–H and O–H groups in total. The van der Waals surface area contributed by atoms with Gasteiger partial charge in [0.05, 0.1) is 0 Å². The van der Waals surface area contributed by atoms with Crippen molar-refractivity contribution in [3.8, 4) is 0 Å². The first-order chi connectivity index (χ1) is 10.7. The molecule has 128 valence electrons. The van der Waals surface area contributed by atoms with E-state index in [1.165, 1.54) is 12.8 Å². The largest absolute Gasteiger partial charge is 0.356 e. The Morgan fingerprint density at radius 1 is 1.18 bits per heavy atom. The molecule has 2 amide bonds. The number of carbonyl (C=O) groups is 2. The van der Waals surface area contributed by atoms with Crippen molar-refractivity contribution in [3.63, 3.8) is 0 Å². The fraction of sp³-hybridized carbons (Fsp3) is 0.882. The highest BCUT2D eigenvalue weighted by Crippen LogP contribution is 2.12. The van der Waals surface area contributed by atoms with Crippen molar-refractivity contribution in [2.24, 2.45) is 5.92 Å². The molecule has 1 heterocycles. The average Bonchev–Trinajstić information content (AvgIpc) is 2.53. The predicted molar refractivity (Wildman–Crippen MR) is 89.6 cm³/mol. The van der Waals surface area contributed by atoms with Crippen LogP contribution in [-0.4, -0.2) is 49.4 Å². The van der Waals surface area contributed by atoms with Crippen LogP contribution in [0, 0.1) is 5.92 Å². The standard InChI is InChI=1S/C17H33N3O2/c1-3-12-20(13-4-2)17(22)8-7-16(21)19-11-9-15-6-5-10-18-14-15/h15,18H,3-14H2,1-2H3,(H,19,21). The molecule has 5 nitrogen and oxygen atoms in total. The van der Waals surface area contributed by atoms with E-state index < -0.39 is 0 Å². The quantitative estimate of drug-likeness (QED) is 0.648. The van der Waals surface area contributed by atoms with Gasteiger partial charge < -0.3 is 15.5 Å². The monoisotopic (exact) mass is 311 g/mol. The minimum absolute atomic E-state index is 0.00469. The Hall–Kier alpha value is -1.10. The summed E-state index contributed by atoms with van der Waals surface area (Å²) in [5.41, 5.74) is 0. The third-order valence-electron chi connectivity index (χ3n) is 4.18. The summed E-state index contributed by atoms with van der Waals surface area (Å²) < 4.78 is 0. The Morgan fingerprint density at radius 2 is 1.91 bits per heavy atom. The molecule has 1 unspecified atom stereocenters. The second kappa shape index (κ2) is 11.5. The summed E-state index contributed by atoms with van der Waals surface area (Å²) in [6.07, 6.45) is 6.09. The first-order valence-corrected chi connectivity index (χ1v) is 8.92. The first-order valence-electron chi connectivity index (χ1n) is 8.92. The van der Waals surface area contributed by atoms with E-state index in [2.05, 4.69) is 24.5 Å². The molecular weight excluding hydrogens is 278 g/mol. The molecule has 1 rings (SSSR count). The van der Waals surface area contributed by atoms with Crippen LogP contribution < -0.4 is 10.6 Å². The van der Waals surface area contributed by atoms with Gasteiger partial charge in [-0.1, -0.05) is 13.8 Å². The molecule has 1 fully saturated rings. The molecule has 0 bridgehead atoms. The maximum atomic E-state index is 12.1. The highest BCUT2D eigenvalue weighted by Gasteiger charge is 2.15. The lowest BCUT2D eigenvalue weighted by Gasteiger charge is -2.23. The van der Waals surface area contributed by atoms with E-state index in [1.807, 2.05) is 4.90 Å². The molecule has 0 saturated carbocycles. The van der Waals surface area contributed by atoms with Crippen molar-refractivity contribution in [3.05, 3.63) is 0 Å². The molecule has 0 aromatic rings. The zero-order valence-electron chi connectivity index (χ0n) is 14.3. The molecule has 1 saturated heterocycles. The summed E-state index contributed by atoms with van der Waals surface area (Å²) in [5.74, 6) is 0.792. The van der Waals surface area contributed by atoms with Crippen LogP contribution in [-0.2, 0) is 9.59 Å². The maximum absolute atomic E-state index is 12.1. The van der Waals surface area contributed by atoms with E-state index in [1.54, 1.807) is 0 Å².